The number of hydrogen-bond donors (Lipinski definition) is 1. The van der Waals surface area contributed by atoms with Crippen LogP contribution < -0.4 is 5.32 Å². The molecule has 4 aromatic rings. The van der Waals surface area contributed by atoms with E-state index in [0.717, 1.165) is 38.4 Å². The molecule has 0 saturated carbocycles. The summed E-state index contributed by atoms with van der Waals surface area (Å²) in [5.74, 6) is -0.624. The minimum atomic E-state index is -0.633. The van der Waals surface area contributed by atoms with Gasteiger partial charge >= 0.3 is 0 Å². The Labute approximate surface area is 169 Å². The second-order valence-electron chi connectivity index (χ2n) is 6.68. The van der Waals surface area contributed by atoms with Crippen LogP contribution in [0.1, 0.15) is 16.8 Å². The van der Waals surface area contributed by atoms with Crippen LogP contribution in [0.25, 0.3) is 16.7 Å². The van der Waals surface area contributed by atoms with Gasteiger partial charge < -0.3 is 5.32 Å². The van der Waals surface area contributed by atoms with Crippen LogP contribution >= 0.6 is 15.9 Å². The molecule has 2 aromatic carbocycles. The number of hydrogen-bond acceptors (Lipinski definition) is 3. The maximum atomic E-state index is 13.8. The van der Waals surface area contributed by atoms with Gasteiger partial charge in [0.1, 0.15) is 23.8 Å². The summed E-state index contributed by atoms with van der Waals surface area (Å²) >= 11 is 3.50. The predicted octanol–water partition coefficient (Wildman–Crippen LogP) is 6.13. The molecular formula is C21H17BrF2N4. The van der Waals surface area contributed by atoms with Crippen LogP contribution in [0.5, 0.6) is 0 Å². The summed E-state index contributed by atoms with van der Waals surface area (Å²) in [5.41, 5.74) is 4.74. The van der Waals surface area contributed by atoms with E-state index in [0.29, 0.717) is 17.2 Å². The first-order valence-corrected chi connectivity index (χ1v) is 9.46. The zero-order valence-electron chi connectivity index (χ0n) is 15.5. The van der Waals surface area contributed by atoms with Gasteiger partial charge in [0.25, 0.3) is 0 Å². The Hall–Kier alpha value is -2.80. The van der Waals surface area contributed by atoms with E-state index in [1.165, 1.54) is 18.5 Å². The number of aromatic nitrogens is 3. The SMILES string of the molecule is Cc1cc(Nc2ncnc3c2c(C)c(C)n3-c2cc(F)cc(F)c2)ccc1Br. The topological polar surface area (TPSA) is 42.7 Å². The first kappa shape index (κ1) is 18.6. The second kappa shape index (κ2) is 6.98. The van der Waals surface area contributed by atoms with E-state index in [2.05, 4.69) is 31.2 Å². The molecule has 0 unspecified atom stereocenters. The van der Waals surface area contributed by atoms with Crippen molar-refractivity contribution in [1.82, 2.24) is 14.5 Å². The Morgan fingerprint density at radius 1 is 0.964 bits per heavy atom. The molecule has 0 fully saturated rings. The smallest absolute Gasteiger partial charge is 0.150 e. The largest absolute Gasteiger partial charge is 0.340 e. The molecule has 0 aliphatic rings. The molecule has 2 heterocycles. The maximum Gasteiger partial charge on any atom is 0.150 e. The van der Waals surface area contributed by atoms with E-state index >= 15 is 0 Å². The molecule has 28 heavy (non-hydrogen) atoms. The molecule has 142 valence electrons. The molecule has 4 nitrogen and oxygen atoms in total. The highest BCUT2D eigenvalue weighted by atomic mass is 79.9. The third kappa shape index (κ3) is 3.16. The molecule has 0 saturated heterocycles. The van der Waals surface area contributed by atoms with E-state index in [9.17, 15) is 8.78 Å². The van der Waals surface area contributed by atoms with Gasteiger partial charge in [0.15, 0.2) is 5.65 Å². The van der Waals surface area contributed by atoms with Crippen molar-refractivity contribution in [3.8, 4) is 5.69 Å². The average Bonchev–Trinajstić information content (AvgIpc) is 2.89. The molecule has 0 spiro atoms. The van der Waals surface area contributed by atoms with Crippen LogP contribution in [0.4, 0.5) is 20.3 Å². The van der Waals surface area contributed by atoms with Crippen LogP contribution in [0, 0.1) is 32.4 Å². The monoisotopic (exact) mass is 442 g/mol. The lowest BCUT2D eigenvalue weighted by atomic mass is 10.2. The standard InChI is InChI=1S/C21H17BrF2N4/c1-11-6-16(4-5-18(11)22)27-20-19-12(2)13(3)28(21(19)26-10-25-20)17-8-14(23)7-15(24)9-17/h4-10H,1-3H3,(H,25,26,27). The van der Waals surface area contributed by atoms with Gasteiger partial charge in [-0.1, -0.05) is 15.9 Å². The van der Waals surface area contributed by atoms with Gasteiger partial charge in [-0.25, -0.2) is 18.7 Å². The highest BCUT2D eigenvalue weighted by Gasteiger charge is 2.18. The van der Waals surface area contributed by atoms with Crippen LogP contribution in [0.15, 0.2) is 47.2 Å². The lowest BCUT2D eigenvalue weighted by Crippen LogP contribution is -2.01. The van der Waals surface area contributed by atoms with Crippen LogP contribution in [-0.2, 0) is 0 Å². The average molecular weight is 443 g/mol. The Morgan fingerprint density at radius 2 is 1.68 bits per heavy atom. The number of anilines is 2. The summed E-state index contributed by atoms with van der Waals surface area (Å²) in [7, 11) is 0. The quantitative estimate of drug-likeness (QED) is 0.414. The zero-order chi connectivity index (χ0) is 20.0. The fraction of sp³-hybridized carbons (Fsp3) is 0.143. The Morgan fingerprint density at radius 3 is 2.36 bits per heavy atom. The Bertz CT molecular complexity index is 1200. The van der Waals surface area contributed by atoms with Crippen molar-refractivity contribution in [2.75, 3.05) is 5.32 Å². The molecule has 0 aliphatic carbocycles. The fourth-order valence-electron chi connectivity index (χ4n) is 3.34. The molecule has 1 N–H and O–H groups in total. The van der Waals surface area contributed by atoms with Gasteiger partial charge in [0.2, 0.25) is 0 Å². The van der Waals surface area contributed by atoms with E-state index in [1.807, 2.05) is 39.0 Å². The fourth-order valence-corrected chi connectivity index (χ4v) is 3.58. The van der Waals surface area contributed by atoms with Gasteiger partial charge in [0.05, 0.1) is 11.1 Å². The minimum Gasteiger partial charge on any atom is -0.340 e. The molecule has 0 amide bonds. The van der Waals surface area contributed by atoms with Crippen LogP contribution in [-0.4, -0.2) is 14.5 Å². The number of fused-ring (bicyclic) bond motifs is 1. The summed E-state index contributed by atoms with van der Waals surface area (Å²) in [6.07, 6.45) is 1.45. The zero-order valence-corrected chi connectivity index (χ0v) is 17.1. The third-order valence-corrected chi connectivity index (χ3v) is 5.71. The van der Waals surface area contributed by atoms with Gasteiger partial charge in [0, 0.05) is 21.9 Å². The van der Waals surface area contributed by atoms with Gasteiger partial charge in [-0.05, 0) is 62.2 Å². The first-order chi connectivity index (χ1) is 13.3. The number of nitrogens with zero attached hydrogens (tertiary/aromatic N) is 3. The predicted molar refractivity (Wildman–Crippen MR) is 110 cm³/mol. The van der Waals surface area contributed by atoms with Gasteiger partial charge in [-0.2, -0.15) is 0 Å². The number of halogens is 3. The lowest BCUT2D eigenvalue weighted by Gasteiger charge is -2.10. The summed E-state index contributed by atoms with van der Waals surface area (Å²) in [6.45, 7) is 5.85. The number of nitrogens with one attached hydrogen (secondary N) is 1. The number of aryl methyl sites for hydroxylation is 2. The van der Waals surface area contributed by atoms with Crippen LogP contribution in [0.2, 0.25) is 0 Å². The van der Waals surface area contributed by atoms with Crippen molar-refractivity contribution in [2.24, 2.45) is 0 Å². The Balaban J connectivity index is 1.90. The molecule has 0 atom stereocenters. The normalized spacial score (nSPS) is 11.2. The molecule has 0 radical (unpaired) electrons. The number of rotatable bonds is 3. The summed E-state index contributed by atoms with van der Waals surface area (Å²) in [6, 6.07) is 9.37. The molecule has 0 bridgehead atoms. The van der Waals surface area contributed by atoms with E-state index in [4.69, 9.17) is 0 Å². The maximum absolute atomic E-state index is 13.8. The molecular weight excluding hydrogens is 426 g/mol. The van der Waals surface area contributed by atoms with E-state index < -0.39 is 11.6 Å². The van der Waals surface area contributed by atoms with E-state index in [-0.39, 0.29) is 0 Å². The molecule has 0 aliphatic heterocycles. The highest BCUT2D eigenvalue weighted by molar-refractivity contribution is 9.10. The lowest BCUT2D eigenvalue weighted by molar-refractivity contribution is 0.581. The minimum absolute atomic E-state index is 0.386. The van der Waals surface area contributed by atoms with Crippen molar-refractivity contribution in [3.63, 3.8) is 0 Å². The van der Waals surface area contributed by atoms with Crippen molar-refractivity contribution in [2.45, 2.75) is 20.8 Å². The first-order valence-electron chi connectivity index (χ1n) is 8.67. The van der Waals surface area contributed by atoms with Crippen molar-refractivity contribution < 1.29 is 8.78 Å². The van der Waals surface area contributed by atoms with Crippen molar-refractivity contribution in [1.29, 1.82) is 0 Å². The molecule has 2 aromatic heterocycles. The second-order valence-corrected chi connectivity index (χ2v) is 7.54. The molecule has 4 rings (SSSR count). The Kier molecular flexibility index (Phi) is 4.63. The van der Waals surface area contributed by atoms with Crippen molar-refractivity contribution >= 4 is 38.5 Å². The summed E-state index contributed by atoms with van der Waals surface area (Å²) < 4.78 is 30.3. The molecule has 7 heteroatoms. The van der Waals surface area contributed by atoms with Gasteiger partial charge in [-0.15, -0.1) is 0 Å². The third-order valence-electron chi connectivity index (χ3n) is 4.82. The van der Waals surface area contributed by atoms with Gasteiger partial charge in [-0.3, -0.25) is 4.57 Å². The highest BCUT2D eigenvalue weighted by Crippen LogP contribution is 2.33. The summed E-state index contributed by atoms with van der Waals surface area (Å²) in [4.78, 5) is 8.79. The van der Waals surface area contributed by atoms with Crippen LogP contribution in [0.3, 0.4) is 0 Å². The van der Waals surface area contributed by atoms with E-state index in [1.54, 1.807) is 4.57 Å². The number of benzene rings is 2. The van der Waals surface area contributed by atoms with Crippen molar-refractivity contribution in [3.05, 3.63) is 75.7 Å². The summed E-state index contributed by atoms with van der Waals surface area (Å²) in [5, 5.41) is 4.15.